The van der Waals surface area contributed by atoms with Crippen LogP contribution in [0, 0.1) is 0 Å². The van der Waals surface area contributed by atoms with Gasteiger partial charge in [0.25, 0.3) is 0 Å². The first kappa shape index (κ1) is 39.9. The van der Waals surface area contributed by atoms with Gasteiger partial charge in [0.05, 0.1) is 48.9 Å². The summed E-state index contributed by atoms with van der Waals surface area (Å²) in [6.07, 6.45) is 6.29. The van der Waals surface area contributed by atoms with Crippen molar-refractivity contribution in [2.45, 2.75) is 14.8 Å². The summed E-state index contributed by atoms with van der Waals surface area (Å²) >= 11 is 33.3. The second-order valence-electron chi connectivity index (χ2n) is 8.95. The second kappa shape index (κ2) is 20.2. The van der Waals surface area contributed by atoms with E-state index in [0.717, 1.165) is 55.9 Å². The Morgan fingerprint density at radius 3 is 1.76 bits per heavy atom. The van der Waals surface area contributed by atoms with Gasteiger partial charge in [0.1, 0.15) is 31.6 Å². The normalized spacial score (nSPS) is 14.3. The SMILES string of the molecule is Nc1nc(Cl)cnc1Br.Nc1nc(Cl)cnc1Sc1ccnc(N2CCOCC2)c1Cl.[K+].[S-]c1ccnc(N2CCOCC2)c1Cl. The molecular weight excluding hydrogens is 809 g/mol. The fourth-order valence-corrected chi connectivity index (χ4v) is 5.79. The Morgan fingerprint density at radius 1 is 0.739 bits per heavy atom. The standard InChI is InChI=1S/C13H13Cl2N5OS.C9H11ClN2OS.C4H3BrClN3.K/c14-9-7-18-13(11(16)19-9)22-8-1-2-17-12(10(8)15)20-3-5-21-6-4-20;10-8-7(14)1-2-11-9(8)12-3-5-13-6-4-12;5-3-4(7)9-2(6)1-8-3;/h1-2,7H,3-6H2,(H2,16,19);1-2H,3-6H2,(H,11,14);1H,(H2,7,9);/q;;;+1/p-1. The minimum absolute atomic E-state index is 0. The van der Waals surface area contributed by atoms with Crippen LogP contribution in [0.3, 0.4) is 0 Å². The van der Waals surface area contributed by atoms with Crippen LogP contribution in [0.25, 0.3) is 0 Å². The number of nitrogen functional groups attached to an aromatic ring is 2. The van der Waals surface area contributed by atoms with E-state index in [1.54, 1.807) is 18.5 Å². The van der Waals surface area contributed by atoms with Crippen molar-refractivity contribution < 1.29 is 60.9 Å². The third kappa shape index (κ3) is 11.8. The van der Waals surface area contributed by atoms with Gasteiger partial charge in [-0.05, 0) is 22.0 Å². The molecule has 0 spiro atoms. The predicted octanol–water partition coefficient (Wildman–Crippen LogP) is 2.70. The molecule has 240 valence electrons. The van der Waals surface area contributed by atoms with E-state index in [9.17, 15) is 0 Å². The largest absolute Gasteiger partial charge is 1.00 e. The van der Waals surface area contributed by atoms with Crippen LogP contribution in [-0.4, -0.2) is 82.5 Å². The molecule has 4 aromatic heterocycles. The van der Waals surface area contributed by atoms with E-state index < -0.39 is 0 Å². The Balaban J connectivity index is 0.000000205. The molecule has 0 aromatic carbocycles. The molecule has 6 rings (SSSR count). The molecular formula is C26H26BrCl4KN10O2S2. The van der Waals surface area contributed by atoms with Gasteiger partial charge in [0.15, 0.2) is 11.6 Å². The Hall–Kier alpha value is -0.574. The summed E-state index contributed by atoms with van der Waals surface area (Å²) < 4.78 is 11.1. The zero-order valence-corrected chi connectivity index (χ0v) is 33.7. The molecule has 12 nitrogen and oxygen atoms in total. The average Bonchev–Trinajstić information content (AvgIpc) is 3.04. The monoisotopic (exact) mass is 832 g/mol. The van der Waals surface area contributed by atoms with Crippen molar-refractivity contribution in [2.24, 2.45) is 0 Å². The zero-order chi connectivity index (χ0) is 32.3. The maximum absolute atomic E-state index is 6.49. The summed E-state index contributed by atoms with van der Waals surface area (Å²) in [5.74, 6) is 2.11. The summed E-state index contributed by atoms with van der Waals surface area (Å²) in [5, 5.41) is 2.27. The van der Waals surface area contributed by atoms with E-state index in [2.05, 4.69) is 55.6 Å². The minimum Gasteiger partial charge on any atom is -0.778 e. The molecule has 2 fully saturated rings. The summed E-state index contributed by atoms with van der Waals surface area (Å²) in [6.45, 7) is 5.97. The van der Waals surface area contributed by atoms with Crippen molar-refractivity contribution in [3.8, 4) is 0 Å². The van der Waals surface area contributed by atoms with Crippen molar-refractivity contribution in [2.75, 3.05) is 73.9 Å². The zero-order valence-electron chi connectivity index (χ0n) is 24.4. The van der Waals surface area contributed by atoms with E-state index in [0.29, 0.717) is 48.8 Å². The maximum atomic E-state index is 6.49. The molecule has 0 atom stereocenters. The molecule has 6 heterocycles. The number of hydrogen-bond donors (Lipinski definition) is 2. The minimum atomic E-state index is 0. The first-order valence-electron chi connectivity index (χ1n) is 13.1. The number of pyridine rings is 2. The Bertz CT molecular complexity index is 1590. The van der Waals surface area contributed by atoms with Crippen LogP contribution in [0.2, 0.25) is 20.4 Å². The predicted molar refractivity (Wildman–Crippen MR) is 185 cm³/mol. The van der Waals surface area contributed by atoms with Crippen LogP contribution in [0.15, 0.2) is 56.3 Å². The number of morpholine rings is 2. The van der Waals surface area contributed by atoms with Gasteiger partial charge in [0.2, 0.25) is 0 Å². The molecule has 2 aliphatic rings. The molecule has 20 heteroatoms. The first-order valence-corrected chi connectivity index (χ1v) is 16.7. The van der Waals surface area contributed by atoms with E-state index in [1.807, 2.05) is 6.07 Å². The number of anilines is 4. The van der Waals surface area contributed by atoms with Gasteiger partial charge in [-0.3, -0.25) is 0 Å². The number of ether oxygens (including phenoxy) is 2. The van der Waals surface area contributed by atoms with E-state index >= 15 is 0 Å². The van der Waals surface area contributed by atoms with Gasteiger partial charge in [-0.2, -0.15) is 4.90 Å². The molecule has 0 bridgehead atoms. The van der Waals surface area contributed by atoms with E-state index in [1.165, 1.54) is 24.2 Å². The molecule has 4 N–H and O–H groups in total. The van der Waals surface area contributed by atoms with Crippen molar-refractivity contribution >= 4 is 110 Å². The van der Waals surface area contributed by atoms with Crippen LogP contribution >= 0.6 is 74.1 Å². The van der Waals surface area contributed by atoms with Crippen LogP contribution in [0.1, 0.15) is 0 Å². The fourth-order valence-electron chi connectivity index (χ4n) is 3.82. The van der Waals surface area contributed by atoms with Gasteiger partial charge in [-0.15, -0.1) is 0 Å². The first-order chi connectivity index (χ1) is 21.6. The molecule has 2 saturated heterocycles. The van der Waals surface area contributed by atoms with Crippen molar-refractivity contribution in [1.82, 2.24) is 29.9 Å². The van der Waals surface area contributed by atoms with Crippen molar-refractivity contribution in [3.63, 3.8) is 0 Å². The Kier molecular flexibility index (Phi) is 17.5. The number of nitrogens with zero attached hydrogens (tertiary/aromatic N) is 8. The molecule has 0 radical (unpaired) electrons. The van der Waals surface area contributed by atoms with Gasteiger partial charge in [0, 0.05) is 43.5 Å². The maximum Gasteiger partial charge on any atom is 1.00 e. The summed E-state index contributed by atoms with van der Waals surface area (Å²) in [6, 6.07) is 3.56. The van der Waals surface area contributed by atoms with Crippen LogP contribution in [-0.2, 0) is 22.1 Å². The Morgan fingerprint density at radius 2 is 1.24 bits per heavy atom. The fraction of sp³-hybridized carbons (Fsp3) is 0.308. The van der Waals surface area contributed by atoms with Crippen LogP contribution in [0.4, 0.5) is 23.3 Å². The molecule has 0 amide bonds. The van der Waals surface area contributed by atoms with Crippen LogP contribution in [0.5, 0.6) is 0 Å². The molecule has 0 saturated carbocycles. The Labute approximate surface area is 347 Å². The number of halogens is 5. The second-order valence-corrected chi connectivity index (χ2v) is 12.7. The summed E-state index contributed by atoms with van der Waals surface area (Å²) in [5.41, 5.74) is 11.2. The van der Waals surface area contributed by atoms with E-state index in [4.69, 9.17) is 80.0 Å². The number of hydrogen-bond acceptors (Lipinski definition) is 14. The molecule has 0 aliphatic carbocycles. The van der Waals surface area contributed by atoms with Crippen molar-refractivity contribution in [1.29, 1.82) is 0 Å². The van der Waals surface area contributed by atoms with E-state index in [-0.39, 0.29) is 62.4 Å². The quantitative estimate of drug-likeness (QED) is 0.229. The van der Waals surface area contributed by atoms with Gasteiger partial charge in [-0.25, -0.2) is 29.9 Å². The van der Waals surface area contributed by atoms with Gasteiger partial charge >= 0.3 is 51.4 Å². The number of aromatic nitrogens is 6. The molecule has 46 heavy (non-hydrogen) atoms. The summed E-state index contributed by atoms with van der Waals surface area (Å²) in [7, 11) is 0. The third-order valence-corrected chi connectivity index (χ3v) is 9.31. The molecule has 0 unspecified atom stereocenters. The molecule has 4 aromatic rings. The third-order valence-electron chi connectivity index (χ3n) is 5.96. The van der Waals surface area contributed by atoms with Crippen molar-refractivity contribution in [3.05, 3.63) is 61.9 Å². The smallest absolute Gasteiger partial charge is 0.778 e. The molecule has 2 aliphatic heterocycles. The summed E-state index contributed by atoms with van der Waals surface area (Å²) in [4.78, 5) is 29.9. The number of nitrogens with two attached hydrogens (primary N) is 2. The van der Waals surface area contributed by atoms with Crippen LogP contribution < -0.4 is 72.7 Å². The number of rotatable bonds is 4. The van der Waals surface area contributed by atoms with Gasteiger partial charge < -0.3 is 43.4 Å². The van der Waals surface area contributed by atoms with Gasteiger partial charge in [-0.1, -0.05) is 64.2 Å². The average molecular weight is 836 g/mol. The topological polar surface area (TPSA) is 154 Å².